The molecule has 21 heavy (non-hydrogen) atoms. The molecule has 0 radical (unpaired) electrons. The molecule has 1 fully saturated rings. The van der Waals surface area contributed by atoms with Crippen LogP contribution in [0.15, 0.2) is 54.9 Å². The van der Waals surface area contributed by atoms with Crippen molar-refractivity contribution in [3.63, 3.8) is 0 Å². The predicted octanol–water partition coefficient (Wildman–Crippen LogP) is 4.24. The second-order valence-corrected chi connectivity index (χ2v) is 6.01. The van der Waals surface area contributed by atoms with E-state index < -0.39 is 0 Å². The highest BCUT2D eigenvalue weighted by Crippen LogP contribution is 2.49. The van der Waals surface area contributed by atoms with Gasteiger partial charge in [0.2, 0.25) is 0 Å². The smallest absolute Gasteiger partial charge is 0.0433 e. The van der Waals surface area contributed by atoms with Crippen LogP contribution in [0.1, 0.15) is 49.8 Å². The van der Waals surface area contributed by atoms with Gasteiger partial charge in [-0.3, -0.25) is 4.98 Å². The lowest BCUT2D eigenvalue weighted by molar-refractivity contribution is 0.304. The zero-order valence-electron chi connectivity index (χ0n) is 12.8. The fourth-order valence-corrected chi connectivity index (χ4v) is 3.90. The van der Waals surface area contributed by atoms with Crippen LogP contribution >= 0.6 is 0 Å². The summed E-state index contributed by atoms with van der Waals surface area (Å²) in [5.41, 5.74) is 2.99. The molecule has 0 spiro atoms. The largest absolute Gasteiger partial charge is 0.309 e. The molecule has 2 aromatic rings. The minimum atomic E-state index is 0.209. The number of hydrogen-bond acceptors (Lipinski definition) is 2. The maximum atomic E-state index is 4.34. The molecular weight excluding hydrogens is 256 g/mol. The van der Waals surface area contributed by atoms with E-state index in [1.54, 1.807) is 0 Å². The molecule has 1 saturated carbocycles. The summed E-state index contributed by atoms with van der Waals surface area (Å²) in [4.78, 5) is 4.34. The Morgan fingerprint density at radius 1 is 1.10 bits per heavy atom. The van der Waals surface area contributed by atoms with E-state index >= 15 is 0 Å². The molecule has 3 rings (SSSR count). The third-order valence-corrected chi connectivity index (χ3v) is 4.82. The Bertz CT molecular complexity index is 544. The van der Waals surface area contributed by atoms with E-state index in [1.807, 2.05) is 18.5 Å². The van der Waals surface area contributed by atoms with E-state index in [4.69, 9.17) is 0 Å². The molecule has 1 atom stereocenters. The number of aromatic nitrogens is 1. The summed E-state index contributed by atoms with van der Waals surface area (Å²) in [6.07, 6.45) is 9.02. The van der Waals surface area contributed by atoms with E-state index in [0.29, 0.717) is 6.04 Å². The van der Waals surface area contributed by atoms with Crippen LogP contribution < -0.4 is 5.32 Å². The summed E-state index contributed by atoms with van der Waals surface area (Å²) in [5, 5.41) is 3.74. The normalized spacial score (nSPS) is 18.5. The summed E-state index contributed by atoms with van der Waals surface area (Å²) in [5.74, 6) is 0. The van der Waals surface area contributed by atoms with Crippen molar-refractivity contribution >= 4 is 0 Å². The topological polar surface area (TPSA) is 24.9 Å². The van der Waals surface area contributed by atoms with Crippen LogP contribution in [0.2, 0.25) is 0 Å². The predicted molar refractivity (Wildman–Crippen MR) is 87.2 cm³/mol. The molecule has 1 aliphatic carbocycles. The van der Waals surface area contributed by atoms with Gasteiger partial charge in [0.25, 0.3) is 0 Å². The molecule has 2 heteroatoms. The molecule has 1 aromatic heterocycles. The van der Waals surface area contributed by atoms with Crippen LogP contribution in [-0.4, -0.2) is 11.5 Å². The van der Waals surface area contributed by atoms with Gasteiger partial charge in [-0.05, 0) is 36.6 Å². The van der Waals surface area contributed by atoms with Gasteiger partial charge in [0.1, 0.15) is 0 Å². The SMILES string of the molecule is CCNC(c1cccnc1)C1(c2ccccc2)CCCC1. The van der Waals surface area contributed by atoms with Crippen LogP contribution in [-0.2, 0) is 5.41 Å². The number of likely N-dealkylation sites (N-methyl/N-ethyl adjacent to an activating group) is 1. The zero-order chi connectivity index (χ0) is 14.5. The second-order valence-electron chi connectivity index (χ2n) is 6.01. The third kappa shape index (κ3) is 2.73. The number of benzene rings is 1. The summed E-state index contributed by atoms with van der Waals surface area (Å²) in [7, 11) is 0. The highest BCUT2D eigenvalue weighted by molar-refractivity contribution is 5.33. The van der Waals surface area contributed by atoms with Gasteiger partial charge >= 0.3 is 0 Å². The Kier molecular flexibility index (Phi) is 4.35. The molecule has 1 N–H and O–H groups in total. The van der Waals surface area contributed by atoms with Crippen molar-refractivity contribution < 1.29 is 0 Å². The minimum absolute atomic E-state index is 0.209. The third-order valence-electron chi connectivity index (χ3n) is 4.82. The van der Waals surface area contributed by atoms with E-state index in [-0.39, 0.29) is 5.41 Å². The van der Waals surface area contributed by atoms with Crippen molar-refractivity contribution in [2.24, 2.45) is 0 Å². The molecule has 1 unspecified atom stereocenters. The van der Waals surface area contributed by atoms with Crippen LogP contribution in [0.4, 0.5) is 0 Å². The first-order valence-electron chi connectivity index (χ1n) is 8.05. The molecule has 0 saturated heterocycles. The van der Waals surface area contributed by atoms with Crippen LogP contribution in [0.25, 0.3) is 0 Å². The summed E-state index contributed by atoms with van der Waals surface area (Å²) < 4.78 is 0. The first-order chi connectivity index (χ1) is 10.4. The summed E-state index contributed by atoms with van der Waals surface area (Å²) in [6, 6.07) is 15.7. The van der Waals surface area contributed by atoms with Crippen LogP contribution in [0.3, 0.4) is 0 Å². The fraction of sp³-hybridized carbons (Fsp3) is 0.421. The minimum Gasteiger partial charge on any atom is -0.309 e. The van der Waals surface area contributed by atoms with Crippen molar-refractivity contribution in [1.29, 1.82) is 0 Å². The Morgan fingerprint density at radius 3 is 2.48 bits per heavy atom. The number of nitrogens with zero attached hydrogens (tertiary/aromatic N) is 1. The number of nitrogens with one attached hydrogen (secondary N) is 1. The van der Waals surface area contributed by atoms with Gasteiger partial charge < -0.3 is 5.32 Å². The second kappa shape index (κ2) is 6.40. The van der Waals surface area contributed by atoms with Crippen molar-refractivity contribution in [3.05, 3.63) is 66.0 Å². The quantitative estimate of drug-likeness (QED) is 0.886. The molecule has 1 aromatic carbocycles. The standard InChI is InChI=1S/C19H24N2/c1-2-21-18(16-9-8-14-20-15-16)19(12-6-7-13-19)17-10-4-3-5-11-17/h3-5,8-11,14-15,18,21H,2,6-7,12-13H2,1H3. The van der Waals surface area contributed by atoms with E-state index in [2.05, 4.69) is 53.6 Å². The highest BCUT2D eigenvalue weighted by atomic mass is 14.9. The number of pyridine rings is 1. The molecule has 2 nitrogen and oxygen atoms in total. The van der Waals surface area contributed by atoms with Gasteiger partial charge in [0.05, 0.1) is 0 Å². The van der Waals surface area contributed by atoms with Crippen LogP contribution in [0, 0.1) is 0 Å². The lowest BCUT2D eigenvalue weighted by atomic mass is 9.70. The number of hydrogen-bond donors (Lipinski definition) is 1. The maximum absolute atomic E-state index is 4.34. The summed E-state index contributed by atoms with van der Waals surface area (Å²) in [6.45, 7) is 3.17. The first-order valence-corrected chi connectivity index (χ1v) is 8.05. The average Bonchev–Trinajstić information content (AvgIpc) is 3.05. The van der Waals surface area contributed by atoms with Crippen molar-refractivity contribution in [2.75, 3.05) is 6.54 Å². The monoisotopic (exact) mass is 280 g/mol. The Labute approximate surface area is 127 Å². The average molecular weight is 280 g/mol. The molecule has 1 aliphatic rings. The fourth-order valence-electron chi connectivity index (χ4n) is 3.90. The molecule has 1 heterocycles. The Hall–Kier alpha value is -1.67. The van der Waals surface area contributed by atoms with Gasteiger partial charge in [-0.25, -0.2) is 0 Å². The van der Waals surface area contributed by atoms with E-state index in [0.717, 1.165) is 6.54 Å². The molecule has 110 valence electrons. The molecular formula is C19H24N2. The van der Waals surface area contributed by atoms with Gasteiger partial charge in [-0.1, -0.05) is 56.2 Å². The highest BCUT2D eigenvalue weighted by Gasteiger charge is 2.43. The lowest BCUT2D eigenvalue weighted by Gasteiger charge is -2.39. The van der Waals surface area contributed by atoms with Gasteiger partial charge in [-0.15, -0.1) is 0 Å². The van der Waals surface area contributed by atoms with Crippen LogP contribution in [0.5, 0.6) is 0 Å². The number of rotatable bonds is 5. The Morgan fingerprint density at radius 2 is 1.86 bits per heavy atom. The van der Waals surface area contributed by atoms with Gasteiger partial charge in [0.15, 0.2) is 0 Å². The molecule has 0 aliphatic heterocycles. The lowest BCUT2D eigenvalue weighted by Crippen LogP contribution is -2.40. The van der Waals surface area contributed by atoms with Crippen molar-refractivity contribution in [1.82, 2.24) is 10.3 Å². The van der Waals surface area contributed by atoms with Crippen molar-refractivity contribution in [3.8, 4) is 0 Å². The molecule has 0 amide bonds. The molecule has 0 bridgehead atoms. The maximum Gasteiger partial charge on any atom is 0.0433 e. The van der Waals surface area contributed by atoms with Gasteiger partial charge in [-0.2, -0.15) is 0 Å². The first kappa shape index (κ1) is 14.3. The van der Waals surface area contributed by atoms with E-state index in [1.165, 1.54) is 36.8 Å². The summed E-state index contributed by atoms with van der Waals surface area (Å²) >= 11 is 0. The van der Waals surface area contributed by atoms with Gasteiger partial charge in [0, 0.05) is 23.9 Å². The Balaban J connectivity index is 2.05. The van der Waals surface area contributed by atoms with E-state index in [9.17, 15) is 0 Å². The zero-order valence-corrected chi connectivity index (χ0v) is 12.8. The van der Waals surface area contributed by atoms with Crippen molar-refractivity contribution in [2.45, 2.75) is 44.1 Å².